The van der Waals surface area contributed by atoms with Crippen LogP contribution >= 0.6 is 11.8 Å². The zero-order valence-corrected chi connectivity index (χ0v) is 14.0. The average Bonchev–Trinajstić information content (AvgIpc) is 2.41. The van der Waals surface area contributed by atoms with Crippen LogP contribution in [0.15, 0.2) is 18.5 Å². The van der Waals surface area contributed by atoms with Gasteiger partial charge in [0.15, 0.2) is 0 Å². The predicted molar refractivity (Wildman–Crippen MR) is 90.0 cm³/mol. The molecule has 0 aromatic carbocycles. The molecular weight excluding hydrogens is 282 g/mol. The molecule has 2 heterocycles. The van der Waals surface area contributed by atoms with Crippen molar-refractivity contribution in [1.82, 2.24) is 9.97 Å². The normalized spacial score (nSPS) is 11.9. The Balaban J connectivity index is 2.41. The van der Waals surface area contributed by atoms with E-state index in [0.29, 0.717) is 12.5 Å². The number of hydrogen-bond donors (Lipinski definition) is 1. The molecule has 0 spiro atoms. The van der Waals surface area contributed by atoms with Gasteiger partial charge in [0.05, 0.1) is 12.0 Å². The first-order valence-corrected chi connectivity index (χ1v) is 8.49. The minimum absolute atomic E-state index is 0.448. The number of rotatable bonds is 6. The molecule has 5 heteroatoms. The van der Waals surface area contributed by atoms with Gasteiger partial charge >= 0.3 is 0 Å². The first-order chi connectivity index (χ1) is 9.93. The van der Waals surface area contributed by atoms with E-state index in [0.717, 1.165) is 34.2 Å². The van der Waals surface area contributed by atoms with E-state index in [1.54, 1.807) is 0 Å². The highest BCUT2D eigenvalue weighted by molar-refractivity contribution is 7.98. The van der Waals surface area contributed by atoms with Crippen LogP contribution in [0.3, 0.4) is 0 Å². The molecule has 0 radical (unpaired) electrons. The smallest absolute Gasteiger partial charge is 0.222 e. The number of aryl methyl sites for hydroxylation is 1. The molecule has 2 N–H and O–H groups in total. The first kappa shape index (κ1) is 16.0. The summed E-state index contributed by atoms with van der Waals surface area (Å²) in [5, 5.41) is 2.01. The van der Waals surface area contributed by atoms with Crippen LogP contribution in [-0.4, -0.2) is 28.6 Å². The SMILES string of the molecule is CSCCCOc1ncc(C(C)(C)N)c2cc(C)ncc12. The zero-order valence-electron chi connectivity index (χ0n) is 13.1. The fraction of sp³-hybridized carbons (Fsp3) is 0.500. The number of aromatic nitrogens is 2. The molecule has 0 aliphatic rings. The summed E-state index contributed by atoms with van der Waals surface area (Å²) in [6.45, 7) is 6.62. The second-order valence-corrected chi connectivity index (χ2v) is 6.75. The highest BCUT2D eigenvalue weighted by Gasteiger charge is 2.20. The van der Waals surface area contributed by atoms with E-state index in [2.05, 4.69) is 22.3 Å². The molecule has 0 saturated carbocycles. The topological polar surface area (TPSA) is 61.0 Å². The lowest BCUT2D eigenvalue weighted by atomic mass is 9.93. The molecule has 21 heavy (non-hydrogen) atoms. The van der Waals surface area contributed by atoms with Gasteiger partial charge in [0, 0.05) is 23.6 Å². The van der Waals surface area contributed by atoms with Gasteiger partial charge in [-0.1, -0.05) is 0 Å². The van der Waals surface area contributed by atoms with Crippen LogP contribution in [0, 0.1) is 6.92 Å². The number of thioether (sulfide) groups is 1. The summed E-state index contributed by atoms with van der Waals surface area (Å²) >= 11 is 1.82. The highest BCUT2D eigenvalue weighted by Crippen LogP contribution is 2.31. The number of nitrogens with two attached hydrogens (primary N) is 1. The molecule has 4 nitrogen and oxygen atoms in total. The molecule has 0 bridgehead atoms. The van der Waals surface area contributed by atoms with Crippen molar-refractivity contribution in [2.45, 2.75) is 32.7 Å². The summed E-state index contributed by atoms with van der Waals surface area (Å²) in [4.78, 5) is 8.82. The summed E-state index contributed by atoms with van der Waals surface area (Å²) in [6, 6.07) is 2.05. The van der Waals surface area contributed by atoms with Crippen molar-refractivity contribution in [2.75, 3.05) is 18.6 Å². The molecule has 0 amide bonds. The van der Waals surface area contributed by atoms with Crippen LogP contribution in [0.5, 0.6) is 5.88 Å². The van der Waals surface area contributed by atoms with Gasteiger partial charge in [-0.2, -0.15) is 11.8 Å². The van der Waals surface area contributed by atoms with Gasteiger partial charge in [0.25, 0.3) is 0 Å². The van der Waals surface area contributed by atoms with Crippen molar-refractivity contribution >= 4 is 22.5 Å². The fourth-order valence-electron chi connectivity index (χ4n) is 2.22. The molecule has 2 rings (SSSR count). The molecular formula is C16H23N3OS. The minimum Gasteiger partial charge on any atom is -0.477 e. The number of hydrogen-bond acceptors (Lipinski definition) is 5. The number of nitrogens with zero attached hydrogens (tertiary/aromatic N) is 2. The van der Waals surface area contributed by atoms with Crippen molar-refractivity contribution in [2.24, 2.45) is 5.73 Å². The van der Waals surface area contributed by atoms with Gasteiger partial charge in [-0.25, -0.2) is 4.98 Å². The summed E-state index contributed by atoms with van der Waals surface area (Å²) in [5.41, 5.74) is 7.79. The Morgan fingerprint density at radius 1 is 1.24 bits per heavy atom. The lowest BCUT2D eigenvalue weighted by Gasteiger charge is -2.22. The molecule has 0 aliphatic heterocycles. The molecule has 0 atom stereocenters. The van der Waals surface area contributed by atoms with E-state index in [1.165, 1.54) is 0 Å². The largest absolute Gasteiger partial charge is 0.477 e. The lowest BCUT2D eigenvalue weighted by molar-refractivity contribution is 0.310. The van der Waals surface area contributed by atoms with Crippen molar-refractivity contribution in [1.29, 1.82) is 0 Å². The van der Waals surface area contributed by atoms with Crippen LogP contribution in [0.25, 0.3) is 10.8 Å². The van der Waals surface area contributed by atoms with E-state index in [4.69, 9.17) is 10.5 Å². The summed E-state index contributed by atoms with van der Waals surface area (Å²) in [6.07, 6.45) is 6.76. The van der Waals surface area contributed by atoms with E-state index in [9.17, 15) is 0 Å². The van der Waals surface area contributed by atoms with E-state index in [1.807, 2.05) is 44.9 Å². The monoisotopic (exact) mass is 305 g/mol. The van der Waals surface area contributed by atoms with Gasteiger partial charge in [-0.3, -0.25) is 4.98 Å². The van der Waals surface area contributed by atoms with Gasteiger partial charge < -0.3 is 10.5 Å². The van der Waals surface area contributed by atoms with Crippen LogP contribution in [0.2, 0.25) is 0 Å². The standard InChI is InChI=1S/C16H23N3OS/c1-11-8-12-13(9-18-11)15(20-6-5-7-21-4)19-10-14(12)16(2,3)17/h8-10H,5-7,17H2,1-4H3. The lowest BCUT2D eigenvalue weighted by Crippen LogP contribution is -2.29. The van der Waals surface area contributed by atoms with Crippen molar-refractivity contribution in [3.05, 3.63) is 29.7 Å². The number of ether oxygens (including phenoxy) is 1. The van der Waals surface area contributed by atoms with Crippen molar-refractivity contribution < 1.29 is 4.74 Å². The maximum Gasteiger partial charge on any atom is 0.222 e. The molecule has 114 valence electrons. The van der Waals surface area contributed by atoms with Crippen LogP contribution in [-0.2, 0) is 5.54 Å². The highest BCUT2D eigenvalue weighted by atomic mass is 32.2. The Hall–Kier alpha value is -1.33. The third kappa shape index (κ3) is 3.86. The van der Waals surface area contributed by atoms with E-state index < -0.39 is 5.54 Å². The average molecular weight is 305 g/mol. The Labute approximate surface area is 130 Å². The maximum atomic E-state index is 6.26. The zero-order chi connectivity index (χ0) is 15.5. The van der Waals surface area contributed by atoms with Crippen LogP contribution in [0.1, 0.15) is 31.5 Å². The Morgan fingerprint density at radius 2 is 2.00 bits per heavy atom. The van der Waals surface area contributed by atoms with Crippen molar-refractivity contribution in [3.63, 3.8) is 0 Å². The van der Waals surface area contributed by atoms with Gasteiger partial charge in [0.2, 0.25) is 5.88 Å². The second-order valence-electron chi connectivity index (χ2n) is 5.76. The summed E-state index contributed by atoms with van der Waals surface area (Å²) < 4.78 is 5.82. The molecule has 2 aromatic rings. The molecule has 0 unspecified atom stereocenters. The van der Waals surface area contributed by atoms with Crippen LogP contribution < -0.4 is 10.5 Å². The first-order valence-electron chi connectivity index (χ1n) is 7.10. The van der Waals surface area contributed by atoms with E-state index in [-0.39, 0.29) is 0 Å². The summed E-state index contributed by atoms with van der Waals surface area (Å²) in [7, 11) is 0. The Bertz CT molecular complexity index is 623. The molecule has 0 saturated heterocycles. The van der Waals surface area contributed by atoms with Crippen molar-refractivity contribution in [3.8, 4) is 5.88 Å². The third-order valence-electron chi connectivity index (χ3n) is 3.30. The molecule has 2 aromatic heterocycles. The predicted octanol–water partition coefficient (Wildman–Crippen LogP) is 3.26. The minimum atomic E-state index is -0.448. The Kier molecular flexibility index (Phi) is 5.06. The third-order valence-corrected chi connectivity index (χ3v) is 3.99. The number of pyridine rings is 2. The Morgan fingerprint density at radius 3 is 2.67 bits per heavy atom. The quantitative estimate of drug-likeness (QED) is 0.830. The van der Waals surface area contributed by atoms with Gasteiger partial charge in [-0.05, 0) is 56.2 Å². The van der Waals surface area contributed by atoms with Gasteiger partial charge in [0.1, 0.15) is 0 Å². The van der Waals surface area contributed by atoms with Crippen LogP contribution in [0.4, 0.5) is 0 Å². The molecule has 0 fully saturated rings. The summed E-state index contributed by atoms with van der Waals surface area (Å²) in [5.74, 6) is 1.73. The van der Waals surface area contributed by atoms with E-state index >= 15 is 0 Å². The fourth-order valence-corrected chi connectivity index (χ4v) is 2.62. The number of fused-ring (bicyclic) bond motifs is 1. The second kappa shape index (κ2) is 6.62. The van der Waals surface area contributed by atoms with Gasteiger partial charge in [-0.15, -0.1) is 0 Å². The molecule has 0 aliphatic carbocycles. The maximum absolute atomic E-state index is 6.26.